The van der Waals surface area contributed by atoms with Crippen LogP contribution in [0.2, 0.25) is 0 Å². The van der Waals surface area contributed by atoms with Crippen LogP contribution in [-0.2, 0) is 4.74 Å². The Morgan fingerprint density at radius 1 is 1.33 bits per heavy atom. The molecule has 1 aliphatic heterocycles. The van der Waals surface area contributed by atoms with Crippen LogP contribution in [0.5, 0.6) is 0 Å². The predicted molar refractivity (Wildman–Crippen MR) is 47.0 cm³/mol. The maximum atomic E-state index is 9.79. The minimum absolute atomic E-state index is 0.0122. The first-order valence-electron chi connectivity index (χ1n) is 4.92. The van der Waals surface area contributed by atoms with Gasteiger partial charge in [0.05, 0.1) is 17.3 Å². The molecule has 0 bridgehead atoms. The van der Waals surface area contributed by atoms with E-state index in [-0.39, 0.29) is 17.3 Å². The lowest BCUT2D eigenvalue weighted by Gasteiger charge is -2.57. The van der Waals surface area contributed by atoms with Crippen molar-refractivity contribution >= 4 is 0 Å². The number of ether oxygens (including phenoxy) is 1. The normalized spacial score (nSPS) is 45.8. The number of hydrogen-bond acceptors (Lipinski definition) is 2. The predicted octanol–water partition coefficient (Wildman–Crippen LogP) is 1.86. The molecule has 1 spiro atoms. The molecule has 2 heteroatoms. The highest BCUT2D eigenvalue weighted by Gasteiger charge is 2.55. The van der Waals surface area contributed by atoms with Gasteiger partial charge in [0.15, 0.2) is 0 Å². The van der Waals surface area contributed by atoms with Crippen molar-refractivity contribution in [1.29, 1.82) is 0 Å². The van der Waals surface area contributed by atoms with Crippen molar-refractivity contribution in [3.63, 3.8) is 0 Å². The van der Waals surface area contributed by atoms with Gasteiger partial charge in [-0.2, -0.15) is 0 Å². The third-order valence-corrected chi connectivity index (χ3v) is 3.14. The van der Waals surface area contributed by atoms with E-state index in [2.05, 4.69) is 13.8 Å². The molecule has 2 nitrogen and oxygen atoms in total. The molecule has 1 aliphatic carbocycles. The van der Waals surface area contributed by atoms with E-state index in [9.17, 15) is 5.11 Å². The fourth-order valence-corrected chi connectivity index (χ4v) is 2.78. The van der Waals surface area contributed by atoms with E-state index in [1.54, 1.807) is 0 Å². The summed E-state index contributed by atoms with van der Waals surface area (Å²) < 4.78 is 5.82. The highest BCUT2D eigenvalue weighted by Crippen LogP contribution is 2.49. The SMILES string of the molecule is CC1(C)C[C@]2(CCCC[C@H]2O)O1. The Kier molecular flexibility index (Phi) is 1.74. The van der Waals surface area contributed by atoms with Crippen molar-refractivity contribution in [3.05, 3.63) is 0 Å². The van der Waals surface area contributed by atoms with Crippen molar-refractivity contribution in [1.82, 2.24) is 0 Å². The molecule has 70 valence electrons. The molecule has 0 unspecified atom stereocenters. The molecular weight excluding hydrogens is 152 g/mol. The minimum Gasteiger partial charge on any atom is -0.390 e. The van der Waals surface area contributed by atoms with Crippen molar-refractivity contribution in [2.24, 2.45) is 0 Å². The molecule has 0 amide bonds. The lowest BCUT2D eigenvalue weighted by molar-refractivity contribution is -0.302. The van der Waals surface area contributed by atoms with Crippen molar-refractivity contribution in [2.75, 3.05) is 0 Å². The minimum atomic E-state index is -0.209. The Bertz CT molecular complexity index is 178. The van der Waals surface area contributed by atoms with Crippen molar-refractivity contribution in [2.45, 2.75) is 63.3 Å². The zero-order valence-electron chi connectivity index (χ0n) is 7.97. The number of hydrogen-bond donors (Lipinski definition) is 1. The Morgan fingerprint density at radius 3 is 2.50 bits per heavy atom. The second-order valence-electron chi connectivity index (χ2n) is 4.86. The molecule has 2 aliphatic rings. The Labute approximate surface area is 73.9 Å². The molecular formula is C10H18O2. The van der Waals surface area contributed by atoms with Gasteiger partial charge in [-0.3, -0.25) is 0 Å². The molecule has 2 atom stereocenters. The van der Waals surface area contributed by atoms with Crippen LogP contribution in [0.15, 0.2) is 0 Å². The largest absolute Gasteiger partial charge is 0.390 e. The second kappa shape index (κ2) is 2.46. The van der Waals surface area contributed by atoms with Crippen LogP contribution >= 0.6 is 0 Å². The van der Waals surface area contributed by atoms with Gasteiger partial charge in [-0.05, 0) is 26.7 Å². The first-order chi connectivity index (χ1) is 5.54. The second-order valence-corrected chi connectivity index (χ2v) is 4.86. The third-order valence-electron chi connectivity index (χ3n) is 3.14. The molecule has 2 fully saturated rings. The van der Waals surface area contributed by atoms with Gasteiger partial charge in [-0.15, -0.1) is 0 Å². The van der Waals surface area contributed by atoms with Gasteiger partial charge in [0, 0.05) is 6.42 Å². The fourth-order valence-electron chi connectivity index (χ4n) is 2.78. The van der Waals surface area contributed by atoms with Gasteiger partial charge in [-0.1, -0.05) is 12.8 Å². The first-order valence-corrected chi connectivity index (χ1v) is 4.92. The van der Waals surface area contributed by atoms with E-state index in [1.165, 1.54) is 6.42 Å². The summed E-state index contributed by atoms with van der Waals surface area (Å²) in [5, 5.41) is 9.79. The average Bonchev–Trinajstić information content (AvgIpc) is 1.91. The van der Waals surface area contributed by atoms with E-state index in [0.717, 1.165) is 25.7 Å². The number of aliphatic hydroxyl groups is 1. The van der Waals surface area contributed by atoms with Gasteiger partial charge in [0.25, 0.3) is 0 Å². The van der Waals surface area contributed by atoms with Gasteiger partial charge in [0.1, 0.15) is 0 Å². The van der Waals surface area contributed by atoms with Crippen LogP contribution in [0.1, 0.15) is 46.0 Å². The molecule has 1 saturated carbocycles. The maximum absolute atomic E-state index is 9.79. The molecule has 0 aromatic heterocycles. The van der Waals surface area contributed by atoms with Gasteiger partial charge < -0.3 is 9.84 Å². The molecule has 1 N–H and O–H groups in total. The lowest BCUT2D eigenvalue weighted by atomic mass is 9.70. The summed E-state index contributed by atoms with van der Waals surface area (Å²) in [6.07, 6.45) is 5.17. The monoisotopic (exact) mass is 170 g/mol. The number of aliphatic hydroxyl groups excluding tert-OH is 1. The van der Waals surface area contributed by atoms with Crippen molar-refractivity contribution in [3.8, 4) is 0 Å². The van der Waals surface area contributed by atoms with Crippen LogP contribution in [0.25, 0.3) is 0 Å². The highest BCUT2D eigenvalue weighted by molar-refractivity contribution is 5.04. The lowest BCUT2D eigenvalue weighted by Crippen LogP contribution is -2.63. The van der Waals surface area contributed by atoms with E-state index < -0.39 is 0 Å². The molecule has 2 rings (SSSR count). The summed E-state index contributed by atoms with van der Waals surface area (Å²) in [4.78, 5) is 0. The quantitative estimate of drug-likeness (QED) is 0.601. The maximum Gasteiger partial charge on any atom is 0.0974 e. The van der Waals surface area contributed by atoms with Crippen LogP contribution < -0.4 is 0 Å². The zero-order valence-corrected chi connectivity index (χ0v) is 7.97. The van der Waals surface area contributed by atoms with Gasteiger partial charge in [-0.25, -0.2) is 0 Å². The zero-order chi connectivity index (χ0) is 8.82. The summed E-state index contributed by atoms with van der Waals surface area (Å²) in [6, 6.07) is 0. The van der Waals surface area contributed by atoms with Crippen LogP contribution in [0, 0.1) is 0 Å². The van der Waals surface area contributed by atoms with Crippen LogP contribution in [0.3, 0.4) is 0 Å². The first kappa shape index (κ1) is 8.52. The smallest absolute Gasteiger partial charge is 0.0974 e. The molecule has 1 heterocycles. The molecule has 1 saturated heterocycles. The molecule has 0 aromatic carbocycles. The fraction of sp³-hybridized carbons (Fsp3) is 1.00. The summed E-state index contributed by atoms with van der Waals surface area (Å²) in [5.41, 5.74) is -0.139. The van der Waals surface area contributed by atoms with E-state index >= 15 is 0 Å². The van der Waals surface area contributed by atoms with E-state index in [1.807, 2.05) is 0 Å². The highest BCUT2D eigenvalue weighted by atomic mass is 16.6. The number of rotatable bonds is 0. The summed E-state index contributed by atoms with van der Waals surface area (Å²) >= 11 is 0. The van der Waals surface area contributed by atoms with Gasteiger partial charge >= 0.3 is 0 Å². The third kappa shape index (κ3) is 1.17. The average molecular weight is 170 g/mol. The summed E-state index contributed by atoms with van der Waals surface area (Å²) in [6.45, 7) is 4.19. The topological polar surface area (TPSA) is 29.5 Å². The van der Waals surface area contributed by atoms with Crippen LogP contribution in [0.4, 0.5) is 0 Å². The summed E-state index contributed by atoms with van der Waals surface area (Å²) in [5.74, 6) is 0. The summed E-state index contributed by atoms with van der Waals surface area (Å²) in [7, 11) is 0. The molecule has 0 aromatic rings. The van der Waals surface area contributed by atoms with E-state index in [0.29, 0.717) is 0 Å². The molecule has 0 radical (unpaired) electrons. The Morgan fingerprint density at radius 2 is 2.00 bits per heavy atom. The Hall–Kier alpha value is -0.0800. The van der Waals surface area contributed by atoms with E-state index in [4.69, 9.17) is 4.74 Å². The standard InChI is InChI=1S/C10H18O2/c1-9(2)7-10(12-9)6-4-3-5-8(10)11/h8,11H,3-7H2,1-2H3/t8-,10+/m1/s1. The van der Waals surface area contributed by atoms with Crippen molar-refractivity contribution < 1.29 is 9.84 Å². The molecule has 12 heavy (non-hydrogen) atoms. The van der Waals surface area contributed by atoms with Crippen LogP contribution in [-0.4, -0.2) is 22.4 Å². The van der Waals surface area contributed by atoms with Gasteiger partial charge in [0.2, 0.25) is 0 Å². The Balaban J connectivity index is 2.03.